The normalized spacial score (nSPS) is 16.4. The Hall–Kier alpha value is -2.22. The van der Waals surface area contributed by atoms with Crippen LogP contribution in [0, 0.1) is 20.8 Å². The third-order valence-electron chi connectivity index (χ3n) is 5.31. The van der Waals surface area contributed by atoms with Crippen LogP contribution in [-0.2, 0) is 14.8 Å². The fourth-order valence-electron chi connectivity index (χ4n) is 3.52. The molecular weight excluding hydrogens is 388 g/mol. The van der Waals surface area contributed by atoms with Crippen LogP contribution >= 0.6 is 0 Å². The highest BCUT2D eigenvalue weighted by Crippen LogP contribution is 2.23. The minimum atomic E-state index is -3.65. The van der Waals surface area contributed by atoms with Crippen LogP contribution in [0.4, 0.5) is 0 Å². The lowest BCUT2D eigenvalue weighted by atomic mass is 9.99. The molecule has 0 aliphatic carbocycles. The molecular formula is C22H28N2O4S. The van der Waals surface area contributed by atoms with Crippen molar-refractivity contribution < 1.29 is 17.9 Å². The minimum Gasteiger partial charge on any atom is -0.379 e. The molecule has 0 radical (unpaired) electrons. The number of amides is 1. The fraction of sp³-hybridized carbons (Fsp3) is 0.409. The molecule has 3 rings (SSSR count). The molecule has 7 heteroatoms. The van der Waals surface area contributed by atoms with Crippen LogP contribution < -0.4 is 5.32 Å². The van der Waals surface area contributed by atoms with Crippen molar-refractivity contribution in [3.63, 3.8) is 0 Å². The van der Waals surface area contributed by atoms with E-state index in [2.05, 4.69) is 11.4 Å². The Labute approximate surface area is 172 Å². The highest BCUT2D eigenvalue weighted by Gasteiger charge is 2.27. The van der Waals surface area contributed by atoms with Gasteiger partial charge in [-0.15, -0.1) is 0 Å². The molecule has 1 saturated heterocycles. The summed E-state index contributed by atoms with van der Waals surface area (Å²) in [7, 11) is -3.65. The summed E-state index contributed by atoms with van der Waals surface area (Å²) in [5.74, 6) is -0.282. The fourth-order valence-corrected chi connectivity index (χ4v) is 4.96. The van der Waals surface area contributed by atoms with E-state index in [1.807, 2.05) is 39.8 Å². The van der Waals surface area contributed by atoms with E-state index in [9.17, 15) is 13.2 Å². The van der Waals surface area contributed by atoms with E-state index in [-0.39, 0.29) is 16.8 Å². The van der Waals surface area contributed by atoms with Crippen LogP contribution in [0.2, 0.25) is 0 Å². The molecule has 1 heterocycles. The van der Waals surface area contributed by atoms with Gasteiger partial charge in [-0.05, 0) is 56.5 Å². The van der Waals surface area contributed by atoms with Crippen molar-refractivity contribution in [1.82, 2.24) is 9.62 Å². The molecule has 2 aromatic carbocycles. The smallest absolute Gasteiger partial charge is 0.252 e. The van der Waals surface area contributed by atoms with Gasteiger partial charge in [0.05, 0.1) is 24.2 Å². The van der Waals surface area contributed by atoms with Crippen molar-refractivity contribution in [3.8, 4) is 0 Å². The van der Waals surface area contributed by atoms with Crippen LogP contribution in [-0.4, -0.2) is 44.9 Å². The molecule has 1 atom stereocenters. The summed E-state index contributed by atoms with van der Waals surface area (Å²) < 4.78 is 32.5. The van der Waals surface area contributed by atoms with Crippen molar-refractivity contribution in [2.45, 2.75) is 38.6 Å². The summed E-state index contributed by atoms with van der Waals surface area (Å²) in [5, 5.41) is 3.01. The molecule has 0 spiro atoms. The van der Waals surface area contributed by atoms with E-state index in [0.29, 0.717) is 31.9 Å². The van der Waals surface area contributed by atoms with E-state index in [0.717, 1.165) is 22.3 Å². The average Bonchev–Trinajstić information content (AvgIpc) is 2.70. The van der Waals surface area contributed by atoms with Crippen LogP contribution in [0.15, 0.2) is 41.3 Å². The molecule has 0 aromatic heterocycles. The van der Waals surface area contributed by atoms with Gasteiger partial charge < -0.3 is 10.1 Å². The lowest BCUT2D eigenvalue weighted by Crippen LogP contribution is -2.40. The zero-order chi connectivity index (χ0) is 21.2. The van der Waals surface area contributed by atoms with Crippen molar-refractivity contribution in [2.24, 2.45) is 0 Å². The first-order valence-electron chi connectivity index (χ1n) is 9.76. The third kappa shape index (κ3) is 4.69. The van der Waals surface area contributed by atoms with Crippen LogP contribution in [0.1, 0.15) is 45.6 Å². The first-order valence-corrected chi connectivity index (χ1v) is 11.2. The number of hydrogen-bond donors (Lipinski definition) is 1. The number of aryl methyl sites for hydroxylation is 3. The molecule has 1 fully saturated rings. The van der Waals surface area contributed by atoms with Crippen LogP contribution in [0.25, 0.3) is 0 Å². The predicted molar refractivity (Wildman–Crippen MR) is 113 cm³/mol. The van der Waals surface area contributed by atoms with Gasteiger partial charge in [-0.25, -0.2) is 8.42 Å². The zero-order valence-corrected chi connectivity index (χ0v) is 18.2. The maximum atomic E-state index is 13.0. The number of nitrogens with zero attached hydrogens (tertiary/aromatic N) is 1. The molecule has 0 bridgehead atoms. The molecule has 1 aliphatic heterocycles. The highest BCUT2D eigenvalue weighted by atomic mass is 32.2. The van der Waals surface area contributed by atoms with Gasteiger partial charge in [0.2, 0.25) is 10.0 Å². The van der Waals surface area contributed by atoms with Crippen molar-refractivity contribution in [1.29, 1.82) is 0 Å². The number of nitrogens with one attached hydrogen (secondary N) is 1. The van der Waals surface area contributed by atoms with Crippen molar-refractivity contribution in [3.05, 3.63) is 64.2 Å². The minimum absolute atomic E-state index is 0.134. The number of morpholine rings is 1. The molecule has 0 unspecified atom stereocenters. The van der Waals surface area contributed by atoms with Crippen LogP contribution in [0.5, 0.6) is 0 Å². The second kappa shape index (κ2) is 8.65. The number of hydrogen-bond acceptors (Lipinski definition) is 4. The molecule has 2 aromatic rings. The second-order valence-electron chi connectivity index (χ2n) is 7.55. The Balaban J connectivity index is 1.85. The van der Waals surface area contributed by atoms with Gasteiger partial charge in [0.15, 0.2) is 0 Å². The van der Waals surface area contributed by atoms with Crippen molar-refractivity contribution in [2.75, 3.05) is 26.3 Å². The van der Waals surface area contributed by atoms with Crippen LogP contribution in [0.3, 0.4) is 0 Å². The quantitative estimate of drug-likeness (QED) is 0.813. The summed E-state index contributed by atoms with van der Waals surface area (Å²) in [6, 6.07) is 10.7. The molecule has 156 valence electrons. The molecule has 6 nitrogen and oxygen atoms in total. The molecule has 1 N–H and O–H groups in total. The Morgan fingerprint density at radius 2 is 1.69 bits per heavy atom. The van der Waals surface area contributed by atoms with E-state index in [1.165, 1.54) is 10.4 Å². The van der Waals surface area contributed by atoms with E-state index < -0.39 is 10.0 Å². The standard InChI is InChI=1S/C22H28N2O4S/c1-15-5-6-16(2)20(13-15)18(4)23-22(25)21-14-19(8-7-17(21)3)29(26,27)24-9-11-28-12-10-24/h5-8,13-14,18H,9-12H2,1-4H3,(H,23,25)/t18-/m1/s1. The predicted octanol–water partition coefficient (Wildman–Crippen LogP) is 3.12. The van der Waals surface area contributed by atoms with E-state index in [4.69, 9.17) is 4.74 Å². The monoisotopic (exact) mass is 416 g/mol. The summed E-state index contributed by atoms with van der Waals surface area (Å²) in [6.07, 6.45) is 0. The Kier molecular flexibility index (Phi) is 6.41. The maximum Gasteiger partial charge on any atom is 0.252 e. The topological polar surface area (TPSA) is 75.7 Å². The Bertz CT molecular complexity index is 1010. The third-order valence-corrected chi connectivity index (χ3v) is 7.20. The number of carbonyl (C=O) groups is 1. The first kappa shape index (κ1) is 21.5. The zero-order valence-electron chi connectivity index (χ0n) is 17.4. The van der Waals surface area contributed by atoms with Gasteiger partial charge in [0, 0.05) is 18.7 Å². The van der Waals surface area contributed by atoms with Gasteiger partial charge in [-0.2, -0.15) is 4.31 Å². The summed E-state index contributed by atoms with van der Waals surface area (Å²) in [4.78, 5) is 13.1. The first-order chi connectivity index (χ1) is 13.7. The lowest BCUT2D eigenvalue weighted by molar-refractivity contribution is 0.0730. The number of carbonyl (C=O) groups excluding carboxylic acids is 1. The number of rotatable bonds is 5. The molecule has 29 heavy (non-hydrogen) atoms. The summed E-state index contributed by atoms with van der Waals surface area (Å²) in [5.41, 5.74) is 4.38. The SMILES string of the molecule is Cc1ccc(C)c([C@@H](C)NC(=O)c2cc(S(=O)(=O)N3CCOCC3)ccc2C)c1. The average molecular weight is 417 g/mol. The summed E-state index contributed by atoms with van der Waals surface area (Å²) in [6.45, 7) is 9.17. The van der Waals surface area contributed by atoms with E-state index >= 15 is 0 Å². The van der Waals surface area contributed by atoms with Gasteiger partial charge in [0.1, 0.15) is 0 Å². The lowest BCUT2D eigenvalue weighted by Gasteiger charge is -2.26. The molecule has 0 saturated carbocycles. The number of ether oxygens (including phenoxy) is 1. The van der Waals surface area contributed by atoms with E-state index in [1.54, 1.807) is 12.1 Å². The summed E-state index contributed by atoms with van der Waals surface area (Å²) >= 11 is 0. The van der Waals surface area contributed by atoms with Gasteiger partial charge in [-0.3, -0.25) is 4.79 Å². The van der Waals surface area contributed by atoms with Crippen molar-refractivity contribution >= 4 is 15.9 Å². The Morgan fingerprint density at radius 1 is 1.03 bits per heavy atom. The molecule has 1 aliphatic rings. The maximum absolute atomic E-state index is 13.0. The largest absolute Gasteiger partial charge is 0.379 e. The molecule has 1 amide bonds. The number of benzene rings is 2. The highest BCUT2D eigenvalue weighted by molar-refractivity contribution is 7.89. The number of sulfonamides is 1. The van der Waals surface area contributed by atoms with Gasteiger partial charge >= 0.3 is 0 Å². The Morgan fingerprint density at radius 3 is 2.38 bits per heavy atom. The van der Waals surface area contributed by atoms with Gasteiger partial charge in [0.25, 0.3) is 5.91 Å². The van der Waals surface area contributed by atoms with Gasteiger partial charge in [-0.1, -0.05) is 29.8 Å². The second-order valence-corrected chi connectivity index (χ2v) is 9.49.